The van der Waals surface area contributed by atoms with Crippen LogP contribution in [0, 0.1) is 11.8 Å². The third-order valence-electron chi connectivity index (χ3n) is 5.01. The number of rotatable bonds is 5. The minimum Gasteiger partial charge on any atom is -0.381 e. The van der Waals surface area contributed by atoms with Gasteiger partial charge < -0.3 is 15.0 Å². The van der Waals surface area contributed by atoms with Crippen molar-refractivity contribution in [3.05, 3.63) is 0 Å². The molecule has 1 N–H and O–H groups in total. The second-order valence-electron chi connectivity index (χ2n) is 7.13. The molecular formula is C17H34IN3OS. The number of ether oxygens (including phenoxy) is 1. The lowest BCUT2D eigenvalue weighted by molar-refractivity contribution is 0.0781. The zero-order valence-corrected chi connectivity index (χ0v) is 18.3. The molecule has 2 aliphatic heterocycles. The fourth-order valence-corrected chi connectivity index (χ4v) is 4.44. The van der Waals surface area contributed by atoms with Gasteiger partial charge in [-0.2, -0.15) is 11.8 Å². The van der Waals surface area contributed by atoms with Crippen molar-refractivity contribution in [2.24, 2.45) is 16.8 Å². The average molecular weight is 455 g/mol. The first-order chi connectivity index (χ1) is 10.6. The number of halogens is 1. The van der Waals surface area contributed by atoms with Crippen LogP contribution < -0.4 is 5.32 Å². The standard InChI is InChI=1S/C17H33N3OS.HI/c1-14(2)11-15-5-8-20(12-15)16(18-3)19-13-17(22-4)6-9-21-10-7-17;/h14-15H,5-13H2,1-4H3,(H,18,19);1H. The summed E-state index contributed by atoms with van der Waals surface area (Å²) in [5.74, 6) is 2.71. The van der Waals surface area contributed by atoms with Gasteiger partial charge in [-0.1, -0.05) is 13.8 Å². The summed E-state index contributed by atoms with van der Waals surface area (Å²) in [6.45, 7) is 9.73. The number of guanidine groups is 1. The highest BCUT2D eigenvalue weighted by Gasteiger charge is 2.33. The van der Waals surface area contributed by atoms with E-state index < -0.39 is 0 Å². The Hall–Kier alpha value is 0.310. The van der Waals surface area contributed by atoms with E-state index in [0.717, 1.165) is 63.5 Å². The van der Waals surface area contributed by atoms with Crippen molar-refractivity contribution in [2.45, 2.75) is 44.3 Å². The van der Waals surface area contributed by atoms with Crippen LogP contribution >= 0.6 is 35.7 Å². The SMILES string of the molecule is CN=C(NCC1(SC)CCOCC1)N1CCC(CC(C)C)C1.I. The predicted octanol–water partition coefficient (Wildman–Crippen LogP) is 3.46. The number of thioether (sulfide) groups is 1. The lowest BCUT2D eigenvalue weighted by Crippen LogP contribution is -2.48. The van der Waals surface area contributed by atoms with Crippen LogP contribution in [0.25, 0.3) is 0 Å². The summed E-state index contributed by atoms with van der Waals surface area (Å²) in [6.07, 6.45) is 7.13. The smallest absolute Gasteiger partial charge is 0.193 e. The molecule has 0 aliphatic carbocycles. The molecule has 4 nitrogen and oxygen atoms in total. The van der Waals surface area contributed by atoms with E-state index in [0.29, 0.717) is 4.75 Å². The van der Waals surface area contributed by atoms with Crippen LogP contribution in [0.4, 0.5) is 0 Å². The Labute approximate surface area is 163 Å². The maximum atomic E-state index is 5.53. The molecule has 2 rings (SSSR count). The van der Waals surface area contributed by atoms with E-state index in [9.17, 15) is 0 Å². The number of likely N-dealkylation sites (tertiary alicyclic amines) is 1. The molecular weight excluding hydrogens is 421 g/mol. The summed E-state index contributed by atoms with van der Waals surface area (Å²) in [7, 11) is 1.91. The third-order valence-corrected chi connectivity index (χ3v) is 6.43. The first-order valence-corrected chi connectivity index (χ1v) is 9.89. The molecule has 136 valence electrons. The fraction of sp³-hybridized carbons (Fsp3) is 0.941. The summed E-state index contributed by atoms with van der Waals surface area (Å²) in [5, 5.41) is 3.65. The topological polar surface area (TPSA) is 36.9 Å². The molecule has 1 unspecified atom stereocenters. The fourth-order valence-electron chi connectivity index (χ4n) is 3.65. The Kier molecular flexibility index (Phi) is 9.59. The molecule has 0 aromatic carbocycles. The monoisotopic (exact) mass is 455 g/mol. The number of hydrogen-bond acceptors (Lipinski definition) is 3. The molecule has 2 saturated heterocycles. The van der Waals surface area contributed by atoms with Crippen LogP contribution in [0.15, 0.2) is 4.99 Å². The maximum Gasteiger partial charge on any atom is 0.193 e. The van der Waals surface area contributed by atoms with Crippen LogP contribution in [-0.2, 0) is 4.74 Å². The predicted molar refractivity (Wildman–Crippen MR) is 112 cm³/mol. The van der Waals surface area contributed by atoms with E-state index in [1.807, 2.05) is 18.8 Å². The number of nitrogens with one attached hydrogen (secondary N) is 1. The highest BCUT2D eigenvalue weighted by molar-refractivity contribution is 14.0. The van der Waals surface area contributed by atoms with Gasteiger partial charge in [0.1, 0.15) is 0 Å². The number of nitrogens with zero attached hydrogens (tertiary/aromatic N) is 2. The largest absolute Gasteiger partial charge is 0.381 e. The number of aliphatic imine (C=N–C) groups is 1. The second kappa shape index (κ2) is 10.3. The molecule has 0 saturated carbocycles. The molecule has 0 bridgehead atoms. The lowest BCUT2D eigenvalue weighted by Gasteiger charge is -2.37. The highest BCUT2D eigenvalue weighted by Crippen LogP contribution is 2.33. The summed E-state index contributed by atoms with van der Waals surface area (Å²) in [5.41, 5.74) is 0. The average Bonchev–Trinajstić information content (AvgIpc) is 2.96. The summed E-state index contributed by atoms with van der Waals surface area (Å²) in [4.78, 5) is 6.97. The Bertz CT molecular complexity index is 373. The van der Waals surface area contributed by atoms with Gasteiger partial charge >= 0.3 is 0 Å². The normalized spacial score (nSPS) is 24.7. The summed E-state index contributed by atoms with van der Waals surface area (Å²) >= 11 is 1.98. The van der Waals surface area contributed by atoms with Gasteiger partial charge in [0, 0.05) is 44.6 Å². The van der Waals surface area contributed by atoms with Gasteiger partial charge in [0.25, 0.3) is 0 Å². The van der Waals surface area contributed by atoms with Crippen molar-refractivity contribution < 1.29 is 4.74 Å². The molecule has 0 aromatic heterocycles. The van der Waals surface area contributed by atoms with Crippen molar-refractivity contribution in [1.82, 2.24) is 10.2 Å². The Balaban J connectivity index is 0.00000264. The second-order valence-corrected chi connectivity index (χ2v) is 8.40. The van der Waals surface area contributed by atoms with Gasteiger partial charge in [0.15, 0.2) is 5.96 Å². The van der Waals surface area contributed by atoms with Gasteiger partial charge in [-0.25, -0.2) is 0 Å². The van der Waals surface area contributed by atoms with Gasteiger partial charge in [-0.05, 0) is 43.8 Å². The highest BCUT2D eigenvalue weighted by atomic mass is 127. The van der Waals surface area contributed by atoms with E-state index in [4.69, 9.17) is 4.74 Å². The molecule has 23 heavy (non-hydrogen) atoms. The van der Waals surface area contributed by atoms with Crippen molar-refractivity contribution in [2.75, 3.05) is 46.2 Å². The van der Waals surface area contributed by atoms with Crippen molar-refractivity contribution in [3.8, 4) is 0 Å². The quantitative estimate of drug-likeness (QED) is 0.392. The minimum atomic E-state index is 0. The first-order valence-electron chi connectivity index (χ1n) is 8.67. The van der Waals surface area contributed by atoms with Crippen molar-refractivity contribution in [1.29, 1.82) is 0 Å². The zero-order chi connectivity index (χ0) is 16.0. The zero-order valence-electron chi connectivity index (χ0n) is 15.1. The molecule has 0 radical (unpaired) electrons. The molecule has 2 aliphatic rings. The van der Waals surface area contributed by atoms with Crippen LogP contribution in [-0.4, -0.2) is 61.8 Å². The van der Waals surface area contributed by atoms with E-state index in [1.54, 1.807) is 0 Å². The molecule has 6 heteroatoms. The lowest BCUT2D eigenvalue weighted by atomic mass is 9.97. The van der Waals surface area contributed by atoms with Gasteiger partial charge in [-0.3, -0.25) is 4.99 Å². The Morgan fingerprint density at radius 3 is 2.65 bits per heavy atom. The molecule has 2 heterocycles. The Morgan fingerprint density at radius 1 is 1.39 bits per heavy atom. The van der Waals surface area contributed by atoms with E-state index >= 15 is 0 Å². The maximum absolute atomic E-state index is 5.53. The molecule has 0 aromatic rings. The Morgan fingerprint density at radius 2 is 2.09 bits per heavy atom. The first kappa shape index (κ1) is 21.4. The van der Waals surface area contributed by atoms with Gasteiger partial charge in [0.2, 0.25) is 0 Å². The molecule has 2 fully saturated rings. The summed E-state index contributed by atoms with van der Waals surface area (Å²) < 4.78 is 5.84. The van der Waals surface area contributed by atoms with Crippen molar-refractivity contribution >= 4 is 41.7 Å². The number of hydrogen-bond donors (Lipinski definition) is 1. The van der Waals surface area contributed by atoms with E-state index in [-0.39, 0.29) is 24.0 Å². The van der Waals surface area contributed by atoms with Crippen LogP contribution in [0.5, 0.6) is 0 Å². The molecule has 0 spiro atoms. The van der Waals surface area contributed by atoms with Crippen LogP contribution in [0.1, 0.15) is 39.5 Å². The molecule has 0 amide bonds. The van der Waals surface area contributed by atoms with E-state index in [2.05, 4.69) is 35.3 Å². The van der Waals surface area contributed by atoms with Gasteiger partial charge in [-0.15, -0.1) is 24.0 Å². The van der Waals surface area contributed by atoms with Crippen molar-refractivity contribution in [3.63, 3.8) is 0 Å². The van der Waals surface area contributed by atoms with Gasteiger partial charge in [0.05, 0.1) is 0 Å². The van der Waals surface area contributed by atoms with Crippen LogP contribution in [0.3, 0.4) is 0 Å². The summed E-state index contributed by atoms with van der Waals surface area (Å²) in [6, 6.07) is 0. The third kappa shape index (κ3) is 6.27. The molecule has 1 atom stereocenters. The minimum absolute atomic E-state index is 0. The van der Waals surface area contributed by atoms with Crippen LogP contribution in [0.2, 0.25) is 0 Å². The van der Waals surface area contributed by atoms with E-state index in [1.165, 1.54) is 12.8 Å².